The summed E-state index contributed by atoms with van der Waals surface area (Å²) in [7, 11) is 0. The fourth-order valence-corrected chi connectivity index (χ4v) is 2.44. The van der Waals surface area contributed by atoms with Gasteiger partial charge in [0.1, 0.15) is 0 Å². The molecule has 1 saturated heterocycles. The van der Waals surface area contributed by atoms with E-state index >= 15 is 0 Å². The predicted molar refractivity (Wildman–Crippen MR) is 74.5 cm³/mol. The van der Waals surface area contributed by atoms with Gasteiger partial charge in [0.05, 0.1) is 12.1 Å². The van der Waals surface area contributed by atoms with Gasteiger partial charge in [0.25, 0.3) is 0 Å². The zero-order valence-electron chi connectivity index (χ0n) is 11.3. The number of likely N-dealkylation sites (tertiary alicyclic amines) is 1. The fraction of sp³-hybridized carbons (Fsp3) is 0.533. The predicted octanol–water partition coefficient (Wildman–Crippen LogP) is 0.786. The van der Waals surface area contributed by atoms with Gasteiger partial charge < -0.3 is 15.7 Å². The van der Waals surface area contributed by atoms with Crippen molar-refractivity contribution in [3.8, 4) is 0 Å². The molecule has 1 amide bonds. The highest BCUT2D eigenvalue weighted by molar-refractivity contribution is 5.82. The van der Waals surface area contributed by atoms with Crippen molar-refractivity contribution in [2.75, 3.05) is 13.1 Å². The highest BCUT2D eigenvalue weighted by Gasteiger charge is 2.29. The Morgan fingerprint density at radius 2 is 2.16 bits per heavy atom. The van der Waals surface area contributed by atoms with Crippen molar-refractivity contribution in [1.29, 1.82) is 0 Å². The van der Waals surface area contributed by atoms with Crippen LogP contribution in [0.25, 0.3) is 0 Å². The van der Waals surface area contributed by atoms with Crippen molar-refractivity contribution >= 4 is 5.91 Å². The summed E-state index contributed by atoms with van der Waals surface area (Å²) in [4.78, 5) is 13.9. The molecule has 0 radical (unpaired) electrons. The number of nitrogens with zero attached hydrogens (tertiary/aromatic N) is 1. The van der Waals surface area contributed by atoms with Crippen LogP contribution in [0.15, 0.2) is 30.3 Å². The van der Waals surface area contributed by atoms with Gasteiger partial charge in [-0.05, 0) is 24.3 Å². The Bertz CT molecular complexity index is 421. The van der Waals surface area contributed by atoms with Gasteiger partial charge >= 0.3 is 0 Å². The summed E-state index contributed by atoms with van der Waals surface area (Å²) in [5.74, 6) is 0.198. The molecule has 0 spiro atoms. The van der Waals surface area contributed by atoms with Crippen molar-refractivity contribution in [2.24, 2.45) is 11.7 Å². The summed E-state index contributed by atoms with van der Waals surface area (Å²) in [5, 5.41) is 9.83. The molecule has 1 aliphatic rings. The van der Waals surface area contributed by atoms with Crippen molar-refractivity contribution in [3.05, 3.63) is 35.9 Å². The first-order valence-corrected chi connectivity index (χ1v) is 6.84. The van der Waals surface area contributed by atoms with Crippen molar-refractivity contribution in [3.63, 3.8) is 0 Å². The first kappa shape index (κ1) is 14.0. The Morgan fingerprint density at radius 1 is 1.47 bits per heavy atom. The van der Waals surface area contributed by atoms with Gasteiger partial charge in [-0.25, -0.2) is 0 Å². The Kier molecular flexibility index (Phi) is 4.56. The van der Waals surface area contributed by atoms with E-state index in [1.807, 2.05) is 37.3 Å². The van der Waals surface area contributed by atoms with Crippen LogP contribution in [0.4, 0.5) is 0 Å². The summed E-state index contributed by atoms with van der Waals surface area (Å²) >= 11 is 0. The molecular weight excluding hydrogens is 240 g/mol. The number of nitrogens with two attached hydrogens (primary N) is 1. The SMILES string of the molecule is CC1CCN(C(=O)[C@H](N)Cc2ccccc2)CC1O. The summed E-state index contributed by atoms with van der Waals surface area (Å²) in [6.07, 6.45) is 0.953. The number of aliphatic hydroxyl groups excluding tert-OH is 1. The highest BCUT2D eigenvalue weighted by Crippen LogP contribution is 2.17. The lowest BCUT2D eigenvalue weighted by Crippen LogP contribution is -2.52. The average Bonchev–Trinajstić information content (AvgIpc) is 2.42. The van der Waals surface area contributed by atoms with Gasteiger partial charge in [-0.1, -0.05) is 37.3 Å². The number of amides is 1. The quantitative estimate of drug-likeness (QED) is 0.846. The van der Waals surface area contributed by atoms with Gasteiger partial charge in [-0.2, -0.15) is 0 Å². The lowest BCUT2D eigenvalue weighted by molar-refractivity contribution is -0.136. The molecule has 1 fully saturated rings. The standard InChI is InChI=1S/C15H22N2O2/c1-11-7-8-17(10-14(11)18)15(19)13(16)9-12-5-3-2-4-6-12/h2-6,11,13-14,18H,7-10,16H2,1H3/t11?,13-,14?/m1/s1. The molecule has 2 rings (SSSR count). The van der Waals surface area contributed by atoms with E-state index in [9.17, 15) is 9.90 Å². The van der Waals surface area contributed by atoms with Crippen LogP contribution in [-0.2, 0) is 11.2 Å². The number of rotatable bonds is 3. The molecule has 1 heterocycles. The van der Waals surface area contributed by atoms with Crippen molar-refractivity contribution in [1.82, 2.24) is 4.90 Å². The number of hydrogen-bond acceptors (Lipinski definition) is 3. The van der Waals surface area contributed by atoms with Gasteiger partial charge in [0.2, 0.25) is 5.91 Å². The van der Waals surface area contributed by atoms with Crippen LogP contribution in [0.3, 0.4) is 0 Å². The third-order valence-corrected chi connectivity index (χ3v) is 3.85. The molecular formula is C15H22N2O2. The minimum Gasteiger partial charge on any atom is -0.391 e. The van der Waals surface area contributed by atoms with E-state index in [4.69, 9.17) is 5.73 Å². The second kappa shape index (κ2) is 6.17. The van der Waals surface area contributed by atoms with E-state index in [1.165, 1.54) is 0 Å². The molecule has 3 atom stereocenters. The van der Waals surface area contributed by atoms with Gasteiger partial charge in [0, 0.05) is 13.1 Å². The van der Waals surface area contributed by atoms with Crippen LogP contribution in [0.2, 0.25) is 0 Å². The second-order valence-corrected chi connectivity index (χ2v) is 5.41. The number of hydrogen-bond donors (Lipinski definition) is 2. The second-order valence-electron chi connectivity index (χ2n) is 5.41. The molecule has 0 saturated carbocycles. The largest absolute Gasteiger partial charge is 0.391 e. The van der Waals surface area contributed by atoms with Gasteiger partial charge in [-0.15, -0.1) is 0 Å². The Morgan fingerprint density at radius 3 is 2.79 bits per heavy atom. The molecule has 0 aromatic heterocycles. The number of aliphatic hydroxyl groups is 1. The van der Waals surface area contributed by atoms with E-state index in [0.717, 1.165) is 12.0 Å². The van der Waals surface area contributed by atoms with E-state index < -0.39 is 12.1 Å². The van der Waals surface area contributed by atoms with E-state index in [2.05, 4.69) is 0 Å². The summed E-state index contributed by atoms with van der Waals surface area (Å²) in [5.41, 5.74) is 7.05. The van der Waals surface area contributed by atoms with Crippen LogP contribution in [0.1, 0.15) is 18.9 Å². The number of β-amino-alcohol motifs (C(OH)–C–C–N with tert-alkyl or cyclic N) is 1. The molecule has 4 nitrogen and oxygen atoms in total. The molecule has 1 aromatic rings. The fourth-order valence-electron chi connectivity index (χ4n) is 2.44. The molecule has 3 N–H and O–H groups in total. The van der Waals surface area contributed by atoms with Gasteiger partial charge in [-0.3, -0.25) is 4.79 Å². The molecule has 4 heteroatoms. The molecule has 0 bridgehead atoms. The Labute approximate surface area is 114 Å². The van der Waals surface area contributed by atoms with E-state index in [0.29, 0.717) is 19.5 Å². The lowest BCUT2D eigenvalue weighted by atomic mass is 9.95. The van der Waals surface area contributed by atoms with Gasteiger partial charge in [0.15, 0.2) is 0 Å². The number of benzene rings is 1. The third kappa shape index (κ3) is 3.55. The molecule has 19 heavy (non-hydrogen) atoms. The van der Waals surface area contributed by atoms with Crippen LogP contribution in [-0.4, -0.2) is 41.1 Å². The maximum atomic E-state index is 12.2. The van der Waals surface area contributed by atoms with E-state index in [1.54, 1.807) is 4.90 Å². The van der Waals surface area contributed by atoms with Crippen LogP contribution < -0.4 is 5.73 Å². The summed E-state index contributed by atoms with van der Waals surface area (Å²) in [6.45, 7) is 3.11. The monoisotopic (exact) mass is 262 g/mol. The molecule has 1 aliphatic heterocycles. The smallest absolute Gasteiger partial charge is 0.239 e. The van der Waals surface area contributed by atoms with Crippen molar-refractivity contribution < 1.29 is 9.90 Å². The minimum absolute atomic E-state index is 0.0604. The zero-order valence-corrected chi connectivity index (χ0v) is 11.3. The first-order valence-electron chi connectivity index (χ1n) is 6.84. The zero-order chi connectivity index (χ0) is 13.8. The summed E-state index contributed by atoms with van der Waals surface area (Å²) < 4.78 is 0. The topological polar surface area (TPSA) is 66.6 Å². The van der Waals surface area contributed by atoms with E-state index in [-0.39, 0.29) is 11.8 Å². The molecule has 1 aromatic carbocycles. The molecule has 0 aliphatic carbocycles. The number of piperidine rings is 1. The van der Waals surface area contributed by atoms with Crippen LogP contribution >= 0.6 is 0 Å². The number of carbonyl (C=O) groups is 1. The maximum Gasteiger partial charge on any atom is 0.239 e. The Hall–Kier alpha value is -1.39. The lowest BCUT2D eigenvalue weighted by Gasteiger charge is -2.35. The average molecular weight is 262 g/mol. The number of carbonyl (C=O) groups excluding carboxylic acids is 1. The first-order chi connectivity index (χ1) is 9.08. The van der Waals surface area contributed by atoms with Crippen LogP contribution in [0.5, 0.6) is 0 Å². The Balaban J connectivity index is 1.92. The normalized spacial score (nSPS) is 25.1. The molecule has 2 unspecified atom stereocenters. The summed E-state index contributed by atoms with van der Waals surface area (Å²) in [6, 6.07) is 9.25. The molecule has 104 valence electrons. The van der Waals surface area contributed by atoms with Crippen molar-refractivity contribution in [2.45, 2.75) is 31.9 Å². The van der Waals surface area contributed by atoms with Crippen LogP contribution in [0, 0.1) is 5.92 Å². The minimum atomic E-state index is -0.525. The third-order valence-electron chi connectivity index (χ3n) is 3.85. The highest BCUT2D eigenvalue weighted by atomic mass is 16.3. The maximum absolute atomic E-state index is 12.2.